The van der Waals surface area contributed by atoms with Gasteiger partial charge in [-0.2, -0.15) is 0 Å². The first-order chi connectivity index (χ1) is 27.1. The van der Waals surface area contributed by atoms with E-state index in [0.29, 0.717) is 19.3 Å². The van der Waals surface area contributed by atoms with Gasteiger partial charge in [0.05, 0.1) is 34.4 Å². The molecule has 0 aromatic heterocycles. The highest BCUT2D eigenvalue weighted by Gasteiger charge is 2.31. The number of esters is 2. The number of hydrogen-bond donors (Lipinski definition) is 1. The largest absolute Gasteiger partial charge is 0.477 e. The lowest BCUT2D eigenvalue weighted by atomic mass is 10.1. The Labute approximate surface area is 344 Å². The summed E-state index contributed by atoms with van der Waals surface area (Å²) in [4.78, 5) is 36.9. The molecule has 0 fully saturated rings. The fourth-order valence-corrected chi connectivity index (χ4v) is 6.69. The van der Waals surface area contributed by atoms with E-state index in [-0.39, 0.29) is 36.2 Å². The number of carbonyl (C=O) groups is 3. The molecule has 8 heteroatoms. The Balaban J connectivity index is 4.21. The van der Waals surface area contributed by atoms with Crippen LogP contribution in [0.1, 0.15) is 200 Å². The number of carbonyl (C=O) groups excluding carboxylic acids is 2. The molecule has 0 aliphatic carbocycles. The maximum atomic E-state index is 12.7. The minimum atomic E-state index is -0.875. The molecule has 8 nitrogen and oxygen atoms in total. The lowest BCUT2D eigenvalue weighted by Gasteiger charge is -2.31. The summed E-state index contributed by atoms with van der Waals surface area (Å²) in [5.74, 6) is -1.47. The summed E-state index contributed by atoms with van der Waals surface area (Å²) in [5, 5.41) is 9.61. The summed E-state index contributed by atoms with van der Waals surface area (Å²) in [7, 11) is 5.53. The van der Waals surface area contributed by atoms with E-state index >= 15 is 0 Å². The van der Waals surface area contributed by atoms with E-state index < -0.39 is 18.1 Å². The van der Waals surface area contributed by atoms with Crippen molar-refractivity contribution in [2.75, 3.05) is 41.0 Å². The number of unbranched alkanes of at least 4 members (excludes halogenated alkanes) is 21. The minimum absolute atomic E-state index is 0.0513. The smallest absolute Gasteiger partial charge is 0.362 e. The number of carboxylic acids is 1. The van der Waals surface area contributed by atoms with E-state index in [0.717, 1.165) is 51.4 Å². The summed E-state index contributed by atoms with van der Waals surface area (Å²) in [5.41, 5.74) is 0. The zero-order valence-electron chi connectivity index (χ0n) is 37.1. The summed E-state index contributed by atoms with van der Waals surface area (Å²) < 4.78 is 17.3. The second-order valence-electron chi connectivity index (χ2n) is 16.7. The Morgan fingerprint density at radius 1 is 0.536 bits per heavy atom. The number of nitrogens with zero attached hydrogens (tertiary/aromatic N) is 1. The summed E-state index contributed by atoms with van der Waals surface area (Å²) in [6.45, 7) is 4.70. The van der Waals surface area contributed by atoms with Crippen molar-refractivity contribution in [2.45, 2.75) is 212 Å². The fourth-order valence-electron chi connectivity index (χ4n) is 6.69. The van der Waals surface area contributed by atoms with Crippen LogP contribution in [-0.4, -0.2) is 80.6 Å². The van der Waals surface area contributed by atoms with E-state index in [1.165, 1.54) is 116 Å². The van der Waals surface area contributed by atoms with Crippen LogP contribution in [0.15, 0.2) is 36.5 Å². The molecule has 0 aromatic carbocycles. The van der Waals surface area contributed by atoms with Crippen LogP contribution in [0.5, 0.6) is 0 Å². The summed E-state index contributed by atoms with van der Waals surface area (Å²) in [6, 6.07) is -0.613. The van der Waals surface area contributed by atoms with Gasteiger partial charge in [0, 0.05) is 19.3 Å². The molecule has 56 heavy (non-hydrogen) atoms. The predicted octanol–water partition coefficient (Wildman–Crippen LogP) is 12.6. The summed E-state index contributed by atoms with van der Waals surface area (Å²) in [6.07, 6.45) is 44.7. The highest BCUT2D eigenvalue weighted by molar-refractivity contribution is 5.72. The van der Waals surface area contributed by atoms with Gasteiger partial charge in [-0.25, -0.2) is 4.79 Å². The highest BCUT2D eigenvalue weighted by atomic mass is 16.6. The molecular weight excluding hydrogens is 703 g/mol. The monoisotopic (exact) mass is 791 g/mol. The molecule has 0 rings (SSSR count). The van der Waals surface area contributed by atoms with Gasteiger partial charge in [0.1, 0.15) is 6.61 Å². The highest BCUT2D eigenvalue weighted by Crippen LogP contribution is 2.15. The third-order valence-electron chi connectivity index (χ3n) is 10.3. The average Bonchev–Trinajstić information content (AvgIpc) is 3.15. The van der Waals surface area contributed by atoms with Gasteiger partial charge in [-0.05, 0) is 51.4 Å². The zero-order valence-corrected chi connectivity index (χ0v) is 37.1. The average molecular weight is 791 g/mol. The Hall–Kier alpha value is -2.45. The molecule has 0 heterocycles. The lowest BCUT2D eigenvalue weighted by Crippen LogP contribution is -2.50. The molecule has 326 valence electrons. The van der Waals surface area contributed by atoms with E-state index in [2.05, 4.69) is 50.3 Å². The van der Waals surface area contributed by atoms with Gasteiger partial charge < -0.3 is 23.8 Å². The van der Waals surface area contributed by atoms with Crippen LogP contribution in [-0.2, 0) is 28.6 Å². The third kappa shape index (κ3) is 37.1. The first kappa shape index (κ1) is 53.6. The molecule has 2 atom stereocenters. The topological polar surface area (TPSA) is 99.1 Å². The van der Waals surface area contributed by atoms with E-state index in [1.807, 2.05) is 21.1 Å². The van der Waals surface area contributed by atoms with E-state index in [9.17, 15) is 19.5 Å². The van der Waals surface area contributed by atoms with Crippen molar-refractivity contribution in [1.82, 2.24) is 0 Å². The number of rotatable bonds is 41. The quantitative estimate of drug-likeness (QED) is 0.0285. The van der Waals surface area contributed by atoms with Crippen LogP contribution in [0.25, 0.3) is 0 Å². The zero-order chi connectivity index (χ0) is 41.4. The molecular formula is C48H88NO7+. The van der Waals surface area contributed by atoms with Crippen LogP contribution in [0.2, 0.25) is 0 Å². The number of likely N-dealkylation sites (N-methyl/N-ethyl adjacent to an activating group) is 1. The van der Waals surface area contributed by atoms with Gasteiger partial charge >= 0.3 is 17.9 Å². The van der Waals surface area contributed by atoms with Crippen LogP contribution in [0, 0.1) is 0 Å². The van der Waals surface area contributed by atoms with Gasteiger partial charge in [0.25, 0.3) is 0 Å². The Morgan fingerprint density at radius 2 is 0.946 bits per heavy atom. The molecule has 0 radical (unpaired) electrons. The molecule has 0 amide bonds. The van der Waals surface area contributed by atoms with Crippen molar-refractivity contribution in [3.8, 4) is 0 Å². The number of ether oxygens (including phenoxy) is 3. The Bertz CT molecular complexity index is 1020. The van der Waals surface area contributed by atoms with E-state index in [4.69, 9.17) is 14.2 Å². The molecule has 2 unspecified atom stereocenters. The first-order valence-corrected chi connectivity index (χ1v) is 23.0. The van der Waals surface area contributed by atoms with Crippen molar-refractivity contribution in [3.05, 3.63) is 36.5 Å². The van der Waals surface area contributed by atoms with Crippen LogP contribution >= 0.6 is 0 Å². The second-order valence-corrected chi connectivity index (χ2v) is 16.7. The molecule has 0 aliphatic heterocycles. The summed E-state index contributed by atoms with van der Waals surface area (Å²) >= 11 is 0. The van der Waals surface area contributed by atoms with Crippen molar-refractivity contribution >= 4 is 17.9 Å². The molecule has 0 saturated heterocycles. The van der Waals surface area contributed by atoms with Crippen LogP contribution < -0.4 is 0 Å². The predicted molar refractivity (Wildman–Crippen MR) is 234 cm³/mol. The standard InChI is InChI=1S/C48H87NO7/c1-6-8-10-12-14-16-18-19-20-21-22-23-24-25-26-27-28-29-31-32-34-36-38-46(50)55-43-44(42-54-41-40-45(48(52)53)49(3,4)5)56-47(51)39-37-35-33-30-17-15-13-11-9-7-2/h14,16,19-20,22-23,44-45H,6-13,15,17-18,21,24-43H2,1-5H3/p+1/b16-14+,20-19+,23-22+. The first-order valence-electron chi connectivity index (χ1n) is 23.0. The minimum Gasteiger partial charge on any atom is -0.477 e. The maximum Gasteiger partial charge on any atom is 0.362 e. The van der Waals surface area contributed by atoms with Crippen molar-refractivity contribution in [3.63, 3.8) is 0 Å². The molecule has 0 aliphatic rings. The van der Waals surface area contributed by atoms with Gasteiger partial charge in [-0.15, -0.1) is 0 Å². The number of aliphatic carboxylic acids is 1. The number of carboxylic acid groups (broad SMARTS) is 1. The number of hydrogen-bond acceptors (Lipinski definition) is 6. The maximum absolute atomic E-state index is 12.7. The Morgan fingerprint density at radius 3 is 1.43 bits per heavy atom. The molecule has 0 spiro atoms. The third-order valence-corrected chi connectivity index (χ3v) is 10.3. The molecule has 0 saturated carbocycles. The van der Waals surface area contributed by atoms with Gasteiger partial charge in [0.2, 0.25) is 0 Å². The van der Waals surface area contributed by atoms with Crippen LogP contribution in [0.3, 0.4) is 0 Å². The molecule has 0 aromatic rings. The van der Waals surface area contributed by atoms with Crippen molar-refractivity contribution < 1.29 is 38.2 Å². The van der Waals surface area contributed by atoms with Crippen LogP contribution in [0.4, 0.5) is 0 Å². The Kier molecular flexibility index (Phi) is 37.7. The molecule has 1 N–H and O–H groups in total. The SMILES string of the molecule is CCCCC/C=C/C/C=C/C/C=C/CCCCCCCCCCCC(=O)OCC(COCCC(C(=O)O)[N+](C)(C)C)OC(=O)CCCCCCCCCCCC. The van der Waals surface area contributed by atoms with Gasteiger partial charge in [-0.3, -0.25) is 9.59 Å². The van der Waals surface area contributed by atoms with E-state index in [1.54, 1.807) is 0 Å². The number of quaternary nitrogens is 1. The second kappa shape index (κ2) is 39.4. The van der Waals surface area contributed by atoms with Gasteiger partial charge in [0.15, 0.2) is 12.1 Å². The molecule has 0 bridgehead atoms. The normalized spacial score (nSPS) is 13.2. The fraction of sp³-hybridized carbons (Fsp3) is 0.812. The van der Waals surface area contributed by atoms with Crippen molar-refractivity contribution in [2.24, 2.45) is 0 Å². The van der Waals surface area contributed by atoms with Gasteiger partial charge in [-0.1, -0.05) is 166 Å². The number of allylic oxidation sites excluding steroid dienone is 6. The van der Waals surface area contributed by atoms with Crippen molar-refractivity contribution in [1.29, 1.82) is 0 Å². The lowest BCUT2D eigenvalue weighted by molar-refractivity contribution is -0.887.